The predicted molar refractivity (Wildman–Crippen MR) is 77.9 cm³/mol. The van der Waals surface area contributed by atoms with Crippen molar-refractivity contribution in [2.24, 2.45) is 0 Å². The van der Waals surface area contributed by atoms with E-state index in [1.807, 2.05) is 42.5 Å². The van der Waals surface area contributed by atoms with Crippen molar-refractivity contribution in [3.8, 4) is 6.07 Å². The predicted octanol–water partition coefficient (Wildman–Crippen LogP) is 4.33. The molecule has 0 aliphatic rings. The Labute approximate surface area is 120 Å². The molecule has 0 N–H and O–H groups in total. The highest BCUT2D eigenvalue weighted by Gasteiger charge is 2.16. The minimum atomic E-state index is -0.391. The van der Waals surface area contributed by atoms with Crippen LogP contribution in [0.1, 0.15) is 28.3 Å². The number of benzene rings is 2. The van der Waals surface area contributed by atoms with E-state index in [4.69, 9.17) is 0 Å². The molecule has 2 nitrogen and oxygen atoms in total. The van der Waals surface area contributed by atoms with Gasteiger partial charge in [-0.2, -0.15) is 5.26 Å². The second kappa shape index (κ2) is 6.31. The van der Waals surface area contributed by atoms with E-state index in [9.17, 15) is 10.1 Å². The lowest BCUT2D eigenvalue weighted by atomic mass is 9.93. The van der Waals surface area contributed by atoms with Crippen molar-refractivity contribution in [2.45, 2.75) is 12.3 Å². The summed E-state index contributed by atoms with van der Waals surface area (Å²) in [6.07, 6.45) is 0.210. The molecule has 0 fully saturated rings. The molecular weight excluding hydrogens is 302 g/mol. The lowest BCUT2D eigenvalue weighted by Gasteiger charge is -2.08. The van der Waals surface area contributed by atoms with Crippen LogP contribution >= 0.6 is 15.9 Å². The Morgan fingerprint density at radius 2 is 1.74 bits per heavy atom. The fourth-order valence-corrected chi connectivity index (χ4v) is 2.13. The molecule has 0 radical (unpaired) electrons. The molecule has 0 bridgehead atoms. The van der Waals surface area contributed by atoms with E-state index in [1.165, 1.54) is 0 Å². The Bertz CT molecular complexity index is 599. The Kier molecular flexibility index (Phi) is 4.48. The van der Waals surface area contributed by atoms with Gasteiger partial charge in [0, 0.05) is 16.5 Å². The second-order valence-electron chi connectivity index (χ2n) is 4.23. The van der Waals surface area contributed by atoms with E-state index in [0.717, 1.165) is 10.0 Å². The summed E-state index contributed by atoms with van der Waals surface area (Å²) in [6, 6.07) is 18.8. The van der Waals surface area contributed by atoms with Crippen molar-refractivity contribution < 1.29 is 4.79 Å². The summed E-state index contributed by atoms with van der Waals surface area (Å²) in [5.74, 6) is -0.403. The third-order valence-electron chi connectivity index (χ3n) is 2.91. The van der Waals surface area contributed by atoms with Crippen molar-refractivity contribution in [1.29, 1.82) is 5.26 Å². The molecule has 2 rings (SSSR count). The van der Waals surface area contributed by atoms with Crippen LogP contribution in [0.25, 0.3) is 0 Å². The van der Waals surface area contributed by atoms with Crippen LogP contribution in [0.5, 0.6) is 0 Å². The van der Waals surface area contributed by atoms with Gasteiger partial charge in [0.2, 0.25) is 0 Å². The highest BCUT2D eigenvalue weighted by Crippen LogP contribution is 2.21. The van der Waals surface area contributed by atoms with Crippen LogP contribution in [0.15, 0.2) is 59.1 Å². The summed E-state index contributed by atoms with van der Waals surface area (Å²) < 4.78 is 0.934. The van der Waals surface area contributed by atoms with Gasteiger partial charge in [-0.1, -0.05) is 58.4 Å². The molecule has 0 heterocycles. The van der Waals surface area contributed by atoms with Gasteiger partial charge in [0.25, 0.3) is 0 Å². The largest absolute Gasteiger partial charge is 0.294 e. The first kappa shape index (κ1) is 13.5. The van der Waals surface area contributed by atoms with Gasteiger partial charge in [-0.25, -0.2) is 0 Å². The molecule has 0 aromatic heterocycles. The number of rotatable bonds is 4. The van der Waals surface area contributed by atoms with Crippen molar-refractivity contribution in [3.05, 3.63) is 70.2 Å². The molecule has 1 atom stereocenters. The molecule has 0 unspecified atom stereocenters. The number of nitrogens with zero attached hydrogens (tertiary/aromatic N) is 1. The number of carbonyl (C=O) groups is 1. The van der Waals surface area contributed by atoms with Gasteiger partial charge in [-0.3, -0.25) is 4.79 Å². The molecule has 19 heavy (non-hydrogen) atoms. The molecule has 2 aromatic carbocycles. The van der Waals surface area contributed by atoms with Gasteiger partial charge in [0.15, 0.2) is 5.78 Å². The van der Waals surface area contributed by atoms with Crippen LogP contribution < -0.4 is 0 Å². The van der Waals surface area contributed by atoms with Gasteiger partial charge in [-0.05, 0) is 17.7 Å². The molecule has 2 aromatic rings. The number of carbonyl (C=O) groups excluding carboxylic acids is 1. The summed E-state index contributed by atoms with van der Waals surface area (Å²) >= 11 is 3.33. The van der Waals surface area contributed by atoms with E-state index >= 15 is 0 Å². The molecule has 0 spiro atoms. The minimum absolute atomic E-state index is 0.0112. The Morgan fingerprint density at radius 3 is 2.32 bits per heavy atom. The first-order valence-electron chi connectivity index (χ1n) is 5.94. The van der Waals surface area contributed by atoms with Crippen LogP contribution in [0.4, 0.5) is 0 Å². The molecule has 0 amide bonds. The number of nitriles is 1. The zero-order valence-electron chi connectivity index (χ0n) is 10.2. The van der Waals surface area contributed by atoms with Gasteiger partial charge >= 0.3 is 0 Å². The average molecular weight is 314 g/mol. The maximum absolute atomic E-state index is 12.1. The summed E-state index contributed by atoms with van der Waals surface area (Å²) in [4.78, 5) is 12.1. The van der Waals surface area contributed by atoms with E-state index in [2.05, 4.69) is 22.0 Å². The lowest BCUT2D eigenvalue weighted by Crippen LogP contribution is -2.06. The monoisotopic (exact) mass is 313 g/mol. The fraction of sp³-hybridized carbons (Fsp3) is 0.125. The van der Waals surface area contributed by atoms with Gasteiger partial charge in [0.05, 0.1) is 12.0 Å². The Morgan fingerprint density at radius 1 is 1.11 bits per heavy atom. The van der Waals surface area contributed by atoms with E-state index in [1.54, 1.807) is 12.1 Å². The molecule has 3 heteroatoms. The number of halogens is 1. The van der Waals surface area contributed by atoms with Crippen LogP contribution in [0.3, 0.4) is 0 Å². The minimum Gasteiger partial charge on any atom is -0.294 e. The van der Waals surface area contributed by atoms with E-state index in [-0.39, 0.29) is 12.2 Å². The van der Waals surface area contributed by atoms with Crippen molar-refractivity contribution in [3.63, 3.8) is 0 Å². The normalized spacial score (nSPS) is 11.6. The molecule has 0 aliphatic heterocycles. The van der Waals surface area contributed by atoms with Gasteiger partial charge in [-0.15, -0.1) is 0 Å². The van der Waals surface area contributed by atoms with Crippen molar-refractivity contribution in [1.82, 2.24) is 0 Å². The average Bonchev–Trinajstić information content (AvgIpc) is 2.46. The van der Waals surface area contributed by atoms with Crippen molar-refractivity contribution in [2.75, 3.05) is 0 Å². The summed E-state index contributed by atoms with van der Waals surface area (Å²) in [5.41, 5.74) is 1.52. The number of hydrogen-bond acceptors (Lipinski definition) is 2. The quantitative estimate of drug-likeness (QED) is 0.788. The summed E-state index contributed by atoms with van der Waals surface area (Å²) in [7, 11) is 0. The summed E-state index contributed by atoms with van der Waals surface area (Å²) in [6.45, 7) is 0. The van der Waals surface area contributed by atoms with Gasteiger partial charge < -0.3 is 0 Å². The second-order valence-corrected chi connectivity index (χ2v) is 5.14. The first-order valence-corrected chi connectivity index (χ1v) is 6.73. The van der Waals surface area contributed by atoms with E-state index < -0.39 is 5.92 Å². The van der Waals surface area contributed by atoms with Crippen LogP contribution in [-0.2, 0) is 0 Å². The topological polar surface area (TPSA) is 40.9 Å². The molecule has 0 saturated heterocycles. The van der Waals surface area contributed by atoms with Crippen LogP contribution in [0, 0.1) is 11.3 Å². The van der Waals surface area contributed by atoms with Crippen molar-refractivity contribution >= 4 is 21.7 Å². The molecule has 0 aliphatic carbocycles. The van der Waals surface area contributed by atoms with Crippen LogP contribution in [0.2, 0.25) is 0 Å². The third kappa shape index (κ3) is 3.52. The zero-order chi connectivity index (χ0) is 13.7. The lowest BCUT2D eigenvalue weighted by molar-refractivity contribution is 0.0979. The molecule has 94 valence electrons. The standard InChI is InChI=1S/C16H12BrNO/c17-15-8-6-13(7-9-15)16(19)10-14(11-18)12-4-2-1-3-5-12/h1-9,14H,10H2/t14-/m1/s1. The third-order valence-corrected chi connectivity index (χ3v) is 3.44. The zero-order valence-corrected chi connectivity index (χ0v) is 11.8. The fourth-order valence-electron chi connectivity index (χ4n) is 1.86. The Balaban J connectivity index is 2.13. The number of ketones is 1. The maximum Gasteiger partial charge on any atom is 0.164 e. The summed E-state index contributed by atoms with van der Waals surface area (Å²) in [5, 5.41) is 9.21. The highest BCUT2D eigenvalue weighted by atomic mass is 79.9. The molecular formula is C16H12BrNO. The van der Waals surface area contributed by atoms with E-state index in [0.29, 0.717) is 5.56 Å². The smallest absolute Gasteiger partial charge is 0.164 e. The van der Waals surface area contributed by atoms with Crippen LogP contribution in [-0.4, -0.2) is 5.78 Å². The SMILES string of the molecule is N#C[C@@H](CC(=O)c1ccc(Br)cc1)c1ccccc1. The van der Waals surface area contributed by atoms with Gasteiger partial charge in [0.1, 0.15) is 0 Å². The maximum atomic E-state index is 12.1. The molecule has 0 saturated carbocycles. The first-order chi connectivity index (χ1) is 9.20. The number of hydrogen-bond donors (Lipinski definition) is 0. The highest BCUT2D eigenvalue weighted by molar-refractivity contribution is 9.10. The number of Topliss-reactive ketones (excluding diaryl/α,β-unsaturated/α-hetero) is 1. The Hall–Kier alpha value is -1.92.